The van der Waals surface area contributed by atoms with E-state index >= 15 is 0 Å². The van der Waals surface area contributed by atoms with Crippen LogP contribution in [0.1, 0.15) is 0 Å². The molecule has 0 saturated carbocycles. The number of β-amino-alcohol motifs (C(OH)–C–C–N with tert-alkyl or cyclic N) is 1. The van der Waals surface area contributed by atoms with Crippen LogP contribution in [0.2, 0.25) is 0 Å². The van der Waals surface area contributed by atoms with Crippen LogP contribution < -0.4 is 11.2 Å². The van der Waals surface area contributed by atoms with Crippen LogP contribution in [0.15, 0.2) is 35.8 Å². The third-order valence-corrected chi connectivity index (χ3v) is 3.90. The van der Waals surface area contributed by atoms with E-state index in [2.05, 4.69) is 15.2 Å². The lowest BCUT2D eigenvalue weighted by Gasteiger charge is -2.38. The number of fused-ring (bicyclic) bond motifs is 1. The quantitative estimate of drug-likeness (QED) is 0.607. The topological polar surface area (TPSA) is 68.0 Å². The smallest absolute Gasteiger partial charge is 0.120 e. The van der Waals surface area contributed by atoms with Gasteiger partial charge in [-0.25, -0.2) is 5.43 Å². The van der Waals surface area contributed by atoms with Gasteiger partial charge in [0, 0.05) is 38.9 Å². The summed E-state index contributed by atoms with van der Waals surface area (Å²) in [5, 5.41) is 10.9. The maximum absolute atomic E-state index is 8.96. The van der Waals surface area contributed by atoms with Crippen molar-refractivity contribution in [3.63, 3.8) is 0 Å². The minimum absolute atomic E-state index is 0.0821. The van der Waals surface area contributed by atoms with Gasteiger partial charge in [0.2, 0.25) is 0 Å². The average molecular weight is 263 g/mol. The number of hydrogen-bond acceptors (Lipinski definition) is 6. The Kier molecular flexibility index (Phi) is 3.56. The molecule has 3 aliphatic rings. The molecule has 0 aliphatic carbocycles. The van der Waals surface area contributed by atoms with Crippen molar-refractivity contribution in [1.82, 2.24) is 20.2 Å². The predicted molar refractivity (Wildman–Crippen MR) is 73.4 cm³/mol. The average Bonchev–Trinajstić information content (AvgIpc) is 2.78. The lowest BCUT2D eigenvalue weighted by atomic mass is 10.2. The zero-order valence-corrected chi connectivity index (χ0v) is 11.0. The number of nitrogens with zero attached hydrogens (tertiary/aromatic N) is 3. The Morgan fingerprint density at radius 2 is 2.05 bits per heavy atom. The van der Waals surface area contributed by atoms with E-state index in [4.69, 9.17) is 10.8 Å². The van der Waals surface area contributed by atoms with E-state index < -0.39 is 0 Å². The highest BCUT2D eigenvalue weighted by molar-refractivity contribution is 5.35. The zero-order valence-electron chi connectivity index (χ0n) is 11.0. The van der Waals surface area contributed by atoms with Crippen molar-refractivity contribution in [2.24, 2.45) is 5.73 Å². The molecule has 0 aromatic heterocycles. The highest BCUT2D eigenvalue weighted by Crippen LogP contribution is 2.23. The second-order valence-electron chi connectivity index (χ2n) is 5.04. The maximum atomic E-state index is 8.96. The highest BCUT2D eigenvalue weighted by atomic mass is 16.3. The van der Waals surface area contributed by atoms with E-state index in [1.165, 1.54) is 0 Å². The number of aliphatic hydroxyl groups excluding tert-OH is 1. The zero-order chi connectivity index (χ0) is 13.2. The second kappa shape index (κ2) is 5.34. The van der Waals surface area contributed by atoms with Gasteiger partial charge in [0.25, 0.3) is 0 Å². The molecule has 0 aromatic rings. The molecular weight excluding hydrogens is 242 g/mol. The van der Waals surface area contributed by atoms with Gasteiger partial charge in [-0.3, -0.25) is 14.8 Å². The fraction of sp³-hybridized carbons (Fsp3) is 0.538. The van der Waals surface area contributed by atoms with Crippen LogP contribution in [0.25, 0.3) is 0 Å². The van der Waals surface area contributed by atoms with Crippen LogP contribution in [0.5, 0.6) is 0 Å². The van der Waals surface area contributed by atoms with Gasteiger partial charge in [0.05, 0.1) is 18.0 Å². The summed E-state index contributed by atoms with van der Waals surface area (Å²) in [4.78, 5) is 4.64. The molecule has 0 aromatic carbocycles. The molecule has 104 valence electrons. The van der Waals surface area contributed by atoms with Gasteiger partial charge in [-0.15, -0.1) is 0 Å². The van der Waals surface area contributed by atoms with Gasteiger partial charge < -0.3 is 10.8 Å². The number of hydrogen-bond donors (Lipinski definition) is 3. The number of allylic oxidation sites excluding steroid dienone is 3. The third kappa shape index (κ3) is 2.40. The molecule has 1 unspecified atom stereocenters. The highest BCUT2D eigenvalue weighted by Gasteiger charge is 2.33. The summed E-state index contributed by atoms with van der Waals surface area (Å²) in [7, 11) is 0. The van der Waals surface area contributed by atoms with Gasteiger partial charge in [0.15, 0.2) is 0 Å². The minimum Gasteiger partial charge on any atom is -0.398 e. The van der Waals surface area contributed by atoms with Crippen molar-refractivity contribution >= 4 is 0 Å². The Morgan fingerprint density at radius 1 is 1.26 bits per heavy atom. The number of nitrogens with two attached hydrogens (primary N) is 1. The molecule has 3 heterocycles. The molecule has 3 rings (SSSR count). The van der Waals surface area contributed by atoms with Crippen LogP contribution in [-0.4, -0.2) is 65.4 Å². The largest absolute Gasteiger partial charge is 0.398 e. The summed E-state index contributed by atoms with van der Waals surface area (Å²) in [5.41, 5.74) is 11.6. The lowest BCUT2D eigenvalue weighted by Crippen LogP contribution is -2.56. The first kappa shape index (κ1) is 12.7. The summed E-state index contributed by atoms with van der Waals surface area (Å²) >= 11 is 0. The molecule has 0 amide bonds. The van der Waals surface area contributed by atoms with Crippen molar-refractivity contribution < 1.29 is 5.11 Å². The van der Waals surface area contributed by atoms with Gasteiger partial charge in [-0.05, 0) is 12.2 Å². The molecule has 1 atom stereocenters. The Balaban J connectivity index is 1.64. The van der Waals surface area contributed by atoms with E-state index in [1.54, 1.807) is 0 Å². The van der Waals surface area contributed by atoms with Crippen molar-refractivity contribution in [3.8, 4) is 0 Å². The van der Waals surface area contributed by atoms with Gasteiger partial charge in [-0.1, -0.05) is 6.08 Å². The first-order valence-electron chi connectivity index (χ1n) is 6.77. The maximum Gasteiger partial charge on any atom is 0.120 e. The van der Waals surface area contributed by atoms with Crippen LogP contribution in [0.3, 0.4) is 0 Å². The number of aliphatic hydroxyl groups is 1. The monoisotopic (exact) mass is 263 g/mol. The molecule has 0 spiro atoms. The summed E-state index contributed by atoms with van der Waals surface area (Å²) in [6.45, 7) is 4.89. The molecule has 19 heavy (non-hydrogen) atoms. The Morgan fingerprint density at radius 3 is 2.74 bits per heavy atom. The third-order valence-electron chi connectivity index (χ3n) is 3.90. The van der Waals surface area contributed by atoms with E-state index in [9.17, 15) is 0 Å². The van der Waals surface area contributed by atoms with Crippen molar-refractivity contribution in [3.05, 3.63) is 35.8 Å². The summed E-state index contributed by atoms with van der Waals surface area (Å²) in [6, 6.07) is 0. The van der Waals surface area contributed by atoms with Crippen LogP contribution >= 0.6 is 0 Å². The SMILES string of the molecule is NC1=C2C=CC=CN2NC1N1CCN(CCO)CC1. The van der Waals surface area contributed by atoms with Crippen LogP contribution in [0.4, 0.5) is 0 Å². The minimum atomic E-state index is 0.0821. The molecule has 1 saturated heterocycles. The first-order chi connectivity index (χ1) is 9.29. The lowest BCUT2D eigenvalue weighted by molar-refractivity contribution is 0.0730. The molecule has 3 aliphatic heterocycles. The summed E-state index contributed by atoms with van der Waals surface area (Å²) in [6.07, 6.45) is 8.10. The Hall–Kier alpha value is -1.34. The van der Waals surface area contributed by atoms with Crippen LogP contribution in [-0.2, 0) is 0 Å². The second-order valence-corrected chi connectivity index (χ2v) is 5.04. The Bertz CT molecular complexity index is 423. The van der Waals surface area contributed by atoms with Crippen molar-refractivity contribution in [2.45, 2.75) is 6.17 Å². The van der Waals surface area contributed by atoms with Crippen LogP contribution in [0, 0.1) is 0 Å². The van der Waals surface area contributed by atoms with Gasteiger partial charge in [-0.2, -0.15) is 0 Å². The molecular formula is C13H21N5O. The fourth-order valence-electron chi connectivity index (χ4n) is 2.80. The summed E-state index contributed by atoms with van der Waals surface area (Å²) in [5.74, 6) is 0. The molecule has 6 heteroatoms. The van der Waals surface area contributed by atoms with E-state index in [1.807, 2.05) is 29.4 Å². The number of nitrogens with one attached hydrogen (secondary N) is 1. The molecule has 6 nitrogen and oxygen atoms in total. The number of hydrazine groups is 1. The Labute approximate surface area is 113 Å². The summed E-state index contributed by atoms with van der Waals surface area (Å²) < 4.78 is 0. The van der Waals surface area contributed by atoms with E-state index in [-0.39, 0.29) is 12.8 Å². The molecule has 1 fully saturated rings. The normalized spacial score (nSPS) is 28.3. The first-order valence-corrected chi connectivity index (χ1v) is 6.77. The number of piperazine rings is 1. The molecule has 0 bridgehead atoms. The fourth-order valence-corrected chi connectivity index (χ4v) is 2.80. The van der Waals surface area contributed by atoms with Gasteiger partial charge >= 0.3 is 0 Å². The standard InChI is InChI=1S/C13H21N5O/c14-12-11-3-1-2-4-18(11)15-13(12)17-7-5-16(6-8-17)9-10-19/h1-4,13,15,19H,5-10,14H2. The molecule has 4 N–H and O–H groups in total. The van der Waals surface area contributed by atoms with E-state index in [0.717, 1.165) is 44.1 Å². The van der Waals surface area contributed by atoms with E-state index in [0.29, 0.717) is 0 Å². The van der Waals surface area contributed by atoms with Crippen molar-refractivity contribution in [1.29, 1.82) is 0 Å². The van der Waals surface area contributed by atoms with Gasteiger partial charge in [0.1, 0.15) is 6.17 Å². The number of rotatable bonds is 3. The predicted octanol–water partition coefficient (Wildman–Crippen LogP) is -1.00. The van der Waals surface area contributed by atoms with Crippen molar-refractivity contribution in [2.75, 3.05) is 39.3 Å². The molecule has 0 radical (unpaired) electrons.